The van der Waals surface area contributed by atoms with Crippen molar-refractivity contribution in [2.45, 2.75) is 38.8 Å². The first-order valence-corrected chi connectivity index (χ1v) is 6.37. The minimum absolute atomic E-state index is 0.273. The number of nitrogens with zero attached hydrogens (tertiary/aromatic N) is 3. The highest BCUT2D eigenvalue weighted by atomic mass is 16.3. The molecule has 0 saturated carbocycles. The number of benzene rings is 1. The summed E-state index contributed by atoms with van der Waals surface area (Å²) in [5.41, 5.74) is 2.53. The molecule has 1 N–H and O–H groups in total. The molecule has 4 heteroatoms. The summed E-state index contributed by atoms with van der Waals surface area (Å²) in [6.07, 6.45) is 2.11. The van der Waals surface area contributed by atoms with Crippen LogP contribution in [0.15, 0.2) is 24.3 Å². The summed E-state index contributed by atoms with van der Waals surface area (Å²) in [5, 5.41) is 14.1. The SMILES string of the molecule is Cc1ccccc1Cc1nc2n(n1)CC(O)CC2. The van der Waals surface area contributed by atoms with Gasteiger partial charge >= 0.3 is 0 Å². The van der Waals surface area contributed by atoms with E-state index in [1.807, 2.05) is 16.8 Å². The van der Waals surface area contributed by atoms with Gasteiger partial charge in [0.2, 0.25) is 0 Å². The Bertz CT molecular complexity index is 562. The van der Waals surface area contributed by atoms with E-state index in [0.717, 1.165) is 30.9 Å². The van der Waals surface area contributed by atoms with Gasteiger partial charge in [0, 0.05) is 12.8 Å². The normalized spacial score (nSPS) is 18.7. The predicted octanol–water partition coefficient (Wildman–Crippen LogP) is 1.48. The van der Waals surface area contributed by atoms with Crippen LogP contribution in [-0.2, 0) is 19.4 Å². The molecule has 0 amide bonds. The lowest BCUT2D eigenvalue weighted by molar-refractivity contribution is 0.124. The van der Waals surface area contributed by atoms with Crippen molar-refractivity contribution in [1.29, 1.82) is 0 Å². The number of aryl methyl sites for hydroxylation is 2. The number of aliphatic hydroxyl groups is 1. The molecule has 0 fully saturated rings. The van der Waals surface area contributed by atoms with E-state index in [1.54, 1.807) is 0 Å². The quantitative estimate of drug-likeness (QED) is 0.869. The summed E-state index contributed by atoms with van der Waals surface area (Å²) < 4.78 is 1.85. The fourth-order valence-corrected chi connectivity index (χ4v) is 2.40. The molecule has 3 rings (SSSR count). The van der Waals surface area contributed by atoms with Gasteiger partial charge in [0.25, 0.3) is 0 Å². The molecule has 1 aromatic heterocycles. The van der Waals surface area contributed by atoms with Crippen molar-refractivity contribution in [3.63, 3.8) is 0 Å². The molecule has 1 aliphatic heterocycles. The highest BCUT2D eigenvalue weighted by Gasteiger charge is 2.19. The lowest BCUT2D eigenvalue weighted by Crippen LogP contribution is -2.25. The van der Waals surface area contributed by atoms with Crippen LogP contribution in [0.5, 0.6) is 0 Å². The van der Waals surface area contributed by atoms with Gasteiger partial charge in [-0.15, -0.1) is 0 Å². The van der Waals surface area contributed by atoms with Crippen molar-refractivity contribution in [3.05, 3.63) is 47.0 Å². The Morgan fingerprint density at radius 3 is 3.06 bits per heavy atom. The number of aromatic nitrogens is 3. The summed E-state index contributed by atoms with van der Waals surface area (Å²) >= 11 is 0. The third-order valence-corrected chi connectivity index (χ3v) is 3.49. The molecule has 0 spiro atoms. The van der Waals surface area contributed by atoms with E-state index in [1.165, 1.54) is 11.1 Å². The zero-order chi connectivity index (χ0) is 12.5. The van der Waals surface area contributed by atoms with Crippen LogP contribution < -0.4 is 0 Å². The number of aliphatic hydroxyl groups excluding tert-OH is 1. The number of fused-ring (bicyclic) bond motifs is 1. The molecule has 4 nitrogen and oxygen atoms in total. The minimum Gasteiger partial charge on any atom is -0.391 e. The Morgan fingerprint density at radius 1 is 1.39 bits per heavy atom. The fourth-order valence-electron chi connectivity index (χ4n) is 2.40. The zero-order valence-electron chi connectivity index (χ0n) is 10.5. The van der Waals surface area contributed by atoms with Crippen LogP contribution in [0, 0.1) is 6.92 Å². The van der Waals surface area contributed by atoms with Gasteiger partial charge in [-0.25, -0.2) is 9.67 Å². The number of rotatable bonds is 2. The minimum atomic E-state index is -0.273. The van der Waals surface area contributed by atoms with E-state index in [2.05, 4.69) is 29.1 Å². The molecule has 0 aliphatic carbocycles. The lowest BCUT2D eigenvalue weighted by atomic mass is 10.1. The lowest BCUT2D eigenvalue weighted by Gasteiger charge is -2.16. The van der Waals surface area contributed by atoms with Crippen LogP contribution in [0.2, 0.25) is 0 Å². The number of hydrogen-bond acceptors (Lipinski definition) is 3. The molecule has 1 unspecified atom stereocenters. The molecule has 2 heterocycles. The van der Waals surface area contributed by atoms with E-state index >= 15 is 0 Å². The van der Waals surface area contributed by atoms with E-state index in [-0.39, 0.29) is 6.10 Å². The standard InChI is InChI=1S/C14H17N3O/c1-10-4-2-3-5-11(10)8-13-15-14-7-6-12(18)9-17(14)16-13/h2-5,12,18H,6-9H2,1H3. The zero-order valence-corrected chi connectivity index (χ0v) is 10.5. The maximum atomic E-state index is 9.61. The van der Waals surface area contributed by atoms with Crippen molar-refractivity contribution >= 4 is 0 Å². The molecule has 0 saturated heterocycles. The molecule has 1 aromatic carbocycles. The van der Waals surface area contributed by atoms with E-state index < -0.39 is 0 Å². The predicted molar refractivity (Wildman–Crippen MR) is 68.3 cm³/mol. The highest BCUT2D eigenvalue weighted by Crippen LogP contribution is 2.16. The van der Waals surface area contributed by atoms with Crippen molar-refractivity contribution in [1.82, 2.24) is 14.8 Å². The Balaban J connectivity index is 1.84. The molecule has 18 heavy (non-hydrogen) atoms. The summed E-state index contributed by atoms with van der Waals surface area (Å²) in [6.45, 7) is 2.69. The second-order valence-corrected chi connectivity index (χ2v) is 4.92. The Morgan fingerprint density at radius 2 is 2.22 bits per heavy atom. The molecule has 1 atom stereocenters. The molecule has 0 radical (unpaired) electrons. The van der Waals surface area contributed by atoms with Crippen LogP contribution in [-0.4, -0.2) is 26.0 Å². The first-order valence-electron chi connectivity index (χ1n) is 6.37. The average Bonchev–Trinajstić information content (AvgIpc) is 2.73. The van der Waals surface area contributed by atoms with Gasteiger partial charge in [-0.2, -0.15) is 5.10 Å². The van der Waals surface area contributed by atoms with Crippen molar-refractivity contribution in [3.8, 4) is 0 Å². The van der Waals surface area contributed by atoms with E-state index in [4.69, 9.17) is 0 Å². The monoisotopic (exact) mass is 243 g/mol. The van der Waals surface area contributed by atoms with E-state index in [9.17, 15) is 5.11 Å². The van der Waals surface area contributed by atoms with Crippen molar-refractivity contribution < 1.29 is 5.11 Å². The topological polar surface area (TPSA) is 50.9 Å². The van der Waals surface area contributed by atoms with Crippen LogP contribution in [0.4, 0.5) is 0 Å². The molecular weight excluding hydrogens is 226 g/mol. The van der Waals surface area contributed by atoms with Crippen LogP contribution in [0.3, 0.4) is 0 Å². The van der Waals surface area contributed by atoms with Crippen LogP contribution >= 0.6 is 0 Å². The van der Waals surface area contributed by atoms with Gasteiger partial charge in [0.15, 0.2) is 5.82 Å². The van der Waals surface area contributed by atoms with Gasteiger partial charge in [0.1, 0.15) is 5.82 Å². The van der Waals surface area contributed by atoms with Crippen LogP contribution in [0.1, 0.15) is 29.2 Å². The second kappa shape index (κ2) is 4.53. The van der Waals surface area contributed by atoms with Crippen molar-refractivity contribution in [2.24, 2.45) is 0 Å². The third kappa shape index (κ3) is 2.16. The molecule has 2 aromatic rings. The fraction of sp³-hybridized carbons (Fsp3) is 0.429. The number of hydrogen-bond donors (Lipinski definition) is 1. The van der Waals surface area contributed by atoms with Crippen LogP contribution in [0.25, 0.3) is 0 Å². The van der Waals surface area contributed by atoms with E-state index in [0.29, 0.717) is 6.54 Å². The first kappa shape index (κ1) is 11.4. The van der Waals surface area contributed by atoms with Gasteiger partial charge in [-0.1, -0.05) is 24.3 Å². The summed E-state index contributed by atoms with van der Waals surface area (Å²) in [7, 11) is 0. The highest BCUT2D eigenvalue weighted by molar-refractivity contribution is 5.28. The van der Waals surface area contributed by atoms with Gasteiger partial charge < -0.3 is 5.11 Å². The largest absolute Gasteiger partial charge is 0.391 e. The van der Waals surface area contributed by atoms with Gasteiger partial charge in [-0.05, 0) is 24.5 Å². The van der Waals surface area contributed by atoms with Gasteiger partial charge in [-0.3, -0.25) is 0 Å². The molecule has 94 valence electrons. The molecule has 0 bridgehead atoms. The second-order valence-electron chi connectivity index (χ2n) is 4.92. The third-order valence-electron chi connectivity index (χ3n) is 3.49. The molecule has 1 aliphatic rings. The smallest absolute Gasteiger partial charge is 0.155 e. The van der Waals surface area contributed by atoms with Crippen molar-refractivity contribution in [2.75, 3.05) is 0 Å². The summed E-state index contributed by atoms with van der Waals surface area (Å²) in [5.74, 6) is 1.86. The Labute approximate surface area is 106 Å². The Kier molecular flexibility index (Phi) is 2.88. The van der Waals surface area contributed by atoms with Gasteiger partial charge in [0.05, 0.1) is 12.6 Å². The molecular formula is C14H17N3O. The summed E-state index contributed by atoms with van der Waals surface area (Å²) in [4.78, 5) is 4.56. The maximum Gasteiger partial charge on any atom is 0.155 e. The maximum absolute atomic E-state index is 9.61. The summed E-state index contributed by atoms with van der Waals surface area (Å²) in [6, 6.07) is 8.31. The Hall–Kier alpha value is -1.68. The first-order chi connectivity index (χ1) is 8.72. The average molecular weight is 243 g/mol.